The summed E-state index contributed by atoms with van der Waals surface area (Å²) in [6.45, 7) is 9.89. The van der Waals surface area contributed by atoms with Crippen LogP contribution in [0, 0.1) is 0 Å². The van der Waals surface area contributed by atoms with E-state index in [1.165, 1.54) is 0 Å². The maximum atomic E-state index is 11.7. The molecule has 0 amide bonds. The maximum absolute atomic E-state index is 11.7. The number of ether oxygens (including phenoxy) is 2. The fraction of sp³-hybridized carbons (Fsp3) is 0.667. The molecule has 0 N–H and O–H groups in total. The normalized spacial score (nSPS) is 13.2. The Morgan fingerprint density at radius 2 is 2.18 bits per heavy atom. The van der Waals surface area contributed by atoms with Crippen molar-refractivity contribution < 1.29 is 14.3 Å². The Labute approximate surface area is 102 Å². The van der Waals surface area contributed by atoms with Gasteiger partial charge < -0.3 is 9.47 Å². The van der Waals surface area contributed by atoms with Gasteiger partial charge in [-0.2, -0.15) is 5.10 Å². The number of nitrogens with zero attached hydrogens (tertiary/aromatic N) is 2. The molecule has 0 saturated heterocycles. The molecule has 0 spiro atoms. The molecule has 5 nitrogen and oxygen atoms in total. The van der Waals surface area contributed by atoms with E-state index in [4.69, 9.17) is 9.47 Å². The Balaban J connectivity index is 2.54. The minimum absolute atomic E-state index is 0.373. The van der Waals surface area contributed by atoms with Crippen molar-refractivity contribution in [1.29, 1.82) is 0 Å². The van der Waals surface area contributed by atoms with Crippen LogP contribution < -0.4 is 4.74 Å². The van der Waals surface area contributed by atoms with Crippen LogP contribution in [0.25, 0.3) is 0 Å². The minimum atomic E-state index is -0.635. The molecule has 0 aliphatic heterocycles. The second-order valence-corrected chi connectivity index (χ2v) is 4.83. The molecule has 1 atom stereocenters. The van der Waals surface area contributed by atoms with Crippen LogP contribution >= 0.6 is 0 Å². The number of hydrogen-bond acceptors (Lipinski definition) is 4. The summed E-state index contributed by atoms with van der Waals surface area (Å²) in [5.74, 6) is 0.201. The van der Waals surface area contributed by atoms with E-state index in [0.29, 0.717) is 5.75 Å². The van der Waals surface area contributed by atoms with Gasteiger partial charge in [-0.15, -0.1) is 0 Å². The van der Waals surface area contributed by atoms with Gasteiger partial charge >= 0.3 is 5.97 Å². The highest BCUT2D eigenvalue weighted by molar-refractivity contribution is 5.75. The Morgan fingerprint density at radius 3 is 2.65 bits per heavy atom. The molecule has 0 bridgehead atoms. The lowest BCUT2D eigenvalue weighted by atomic mass is 10.2. The van der Waals surface area contributed by atoms with Gasteiger partial charge in [-0.25, -0.2) is 4.79 Å². The van der Waals surface area contributed by atoms with Crippen LogP contribution in [0.2, 0.25) is 0 Å². The van der Waals surface area contributed by atoms with E-state index in [1.54, 1.807) is 24.0 Å². The summed E-state index contributed by atoms with van der Waals surface area (Å²) in [6, 6.07) is 0. The molecule has 0 saturated carbocycles. The van der Waals surface area contributed by atoms with E-state index in [-0.39, 0.29) is 5.97 Å². The zero-order valence-electron chi connectivity index (χ0n) is 11.1. The number of carbonyl (C=O) groups excluding carboxylic acids is 1. The van der Waals surface area contributed by atoms with Crippen LogP contribution in [0.3, 0.4) is 0 Å². The molecule has 5 heteroatoms. The quantitative estimate of drug-likeness (QED) is 0.755. The van der Waals surface area contributed by atoms with Crippen molar-refractivity contribution in [2.45, 2.75) is 52.9 Å². The molecule has 1 heterocycles. The van der Waals surface area contributed by atoms with Crippen LogP contribution in [-0.4, -0.2) is 27.5 Å². The Bertz CT molecular complexity index is 379. The van der Waals surface area contributed by atoms with Crippen LogP contribution in [0.5, 0.6) is 5.75 Å². The van der Waals surface area contributed by atoms with Gasteiger partial charge in [0.25, 0.3) is 0 Å². The van der Waals surface area contributed by atoms with E-state index >= 15 is 0 Å². The third-order valence-corrected chi connectivity index (χ3v) is 1.99. The van der Waals surface area contributed by atoms with Gasteiger partial charge in [-0.05, 0) is 34.6 Å². The lowest BCUT2D eigenvalue weighted by molar-refractivity contribution is -0.162. The van der Waals surface area contributed by atoms with E-state index in [0.717, 1.165) is 6.54 Å². The third-order valence-electron chi connectivity index (χ3n) is 1.99. The zero-order valence-corrected chi connectivity index (χ0v) is 11.1. The van der Waals surface area contributed by atoms with Crippen molar-refractivity contribution in [2.24, 2.45) is 0 Å². The average Bonchev–Trinajstić information content (AvgIpc) is 2.62. The summed E-state index contributed by atoms with van der Waals surface area (Å²) in [6.07, 6.45) is 2.70. The first-order chi connectivity index (χ1) is 7.81. The van der Waals surface area contributed by atoms with Gasteiger partial charge in [0.15, 0.2) is 11.9 Å². The monoisotopic (exact) mass is 240 g/mol. The molecule has 1 aromatic heterocycles. The number of hydrogen-bond donors (Lipinski definition) is 0. The maximum Gasteiger partial charge on any atom is 0.347 e. The van der Waals surface area contributed by atoms with E-state index in [2.05, 4.69) is 5.10 Å². The zero-order chi connectivity index (χ0) is 13.1. The molecule has 0 fully saturated rings. The van der Waals surface area contributed by atoms with Crippen molar-refractivity contribution in [3.63, 3.8) is 0 Å². The van der Waals surface area contributed by atoms with Gasteiger partial charge in [0.1, 0.15) is 5.60 Å². The van der Waals surface area contributed by atoms with Crippen molar-refractivity contribution in [3.05, 3.63) is 12.4 Å². The first kappa shape index (κ1) is 13.5. The SMILES string of the molecule is CCn1cc(OC(C)C(=O)OC(C)(C)C)cn1. The molecule has 1 unspecified atom stereocenters. The second-order valence-electron chi connectivity index (χ2n) is 4.83. The molecule has 96 valence electrons. The molecule has 0 aliphatic rings. The number of rotatable bonds is 4. The summed E-state index contributed by atoms with van der Waals surface area (Å²) in [5, 5.41) is 4.06. The highest BCUT2D eigenvalue weighted by atomic mass is 16.6. The predicted molar refractivity (Wildman–Crippen MR) is 63.8 cm³/mol. The fourth-order valence-corrected chi connectivity index (χ4v) is 1.22. The standard InChI is InChI=1S/C12H20N2O3/c1-6-14-8-10(7-13-14)16-9(2)11(15)17-12(3,4)5/h7-9H,6H2,1-5H3. The summed E-state index contributed by atoms with van der Waals surface area (Å²) in [5.41, 5.74) is -0.498. The summed E-state index contributed by atoms with van der Waals surface area (Å²) < 4.78 is 12.4. The lowest BCUT2D eigenvalue weighted by Crippen LogP contribution is -2.33. The first-order valence-corrected chi connectivity index (χ1v) is 5.74. The van der Waals surface area contributed by atoms with Crippen molar-refractivity contribution >= 4 is 5.97 Å². The third kappa shape index (κ3) is 4.46. The largest absolute Gasteiger partial charge is 0.476 e. The van der Waals surface area contributed by atoms with Crippen molar-refractivity contribution in [1.82, 2.24) is 9.78 Å². The number of aryl methyl sites for hydroxylation is 1. The number of aromatic nitrogens is 2. The van der Waals surface area contributed by atoms with Gasteiger partial charge in [0.05, 0.1) is 12.4 Å². The summed E-state index contributed by atoms with van der Waals surface area (Å²) in [4.78, 5) is 11.7. The van der Waals surface area contributed by atoms with Crippen LogP contribution in [0.15, 0.2) is 12.4 Å². The molecule has 0 aliphatic carbocycles. The Hall–Kier alpha value is -1.52. The van der Waals surface area contributed by atoms with Gasteiger partial charge in [0.2, 0.25) is 0 Å². The molecule has 0 radical (unpaired) electrons. The highest BCUT2D eigenvalue weighted by Crippen LogP contribution is 2.14. The second kappa shape index (κ2) is 5.21. The van der Waals surface area contributed by atoms with Crippen molar-refractivity contribution in [2.75, 3.05) is 0 Å². The summed E-state index contributed by atoms with van der Waals surface area (Å²) in [7, 11) is 0. The molecule has 1 aromatic rings. The smallest absolute Gasteiger partial charge is 0.347 e. The first-order valence-electron chi connectivity index (χ1n) is 5.74. The van der Waals surface area contributed by atoms with E-state index in [1.807, 2.05) is 27.7 Å². The van der Waals surface area contributed by atoms with Crippen LogP contribution in [-0.2, 0) is 16.1 Å². The Kier molecular flexibility index (Phi) is 4.15. The molecule has 0 aromatic carbocycles. The van der Waals surface area contributed by atoms with Crippen LogP contribution in [0.4, 0.5) is 0 Å². The van der Waals surface area contributed by atoms with Gasteiger partial charge in [-0.3, -0.25) is 4.68 Å². The fourth-order valence-electron chi connectivity index (χ4n) is 1.22. The van der Waals surface area contributed by atoms with E-state index < -0.39 is 11.7 Å². The molecule has 17 heavy (non-hydrogen) atoms. The van der Waals surface area contributed by atoms with Crippen LogP contribution in [0.1, 0.15) is 34.6 Å². The number of carbonyl (C=O) groups is 1. The van der Waals surface area contributed by atoms with Gasteiger partial charge in [0, 0.05) is 6.54 Å². The van der Waals surface area contributed by atoms with Crippen molar-refractivity contribution in [3.8, 4) is 5.75 Å². The molecular formula is C12H20N2O3. The number of esters is 1. The highest BCUT2D eigenvalue weighted by Gasteiger charge is 2.23. The average molecular weight is 240 g/mol. The Morgan fingerprint density at radius 1 is 1.53 bits per heavy atom. The lowest BCUT2D eigenvalue weighted by Gasteiger charge is -2.22. The molecule has 1 rings (SSSR count). The van der Waals surface area contributed by atoms with Gasteiger partial charge in [-0.1, -0.05) is 0 Å². The minimum Gasteiger partial charge on any atom is -0.476 e. The summed E-state index contributed by atoms with van der Waals surface area (Å²) >= 11 is 0. The van der Waals surface area contributed by atoms with E-state index in [9.17, 15) is 4.79 Å². The topological polar surface area (TPSA) is 53.4 Å². The predicted octanol–water partition coefficient (Wildman–Crippen LogP) is 2.01. The molecular weight excluding hydrogens is 220 g/mol.